The van der Waals surface area contributed by atoms with Crippen LogP contribution in [0.3, 0.4) is 0 Å². The van der Waals surface area contributed by atoms with Crippen molar-refractivity contribution >= 4 is 0 Å². The van der Waals surface area contributed by atoms with Gasteiger partial charge in [-0.3, -0.25) is 0 Å². The van der Waals surface area contributed by atoms with Crippen LogP contribution in [0.1, 0.15) is 20.8 Å². The summed E-state index contributed by atoms with van der Waals surface area (Å²) in [7, 11) is 0. The van der Waals surface area contributed by atoms with Crippen LogP contribution in [0.4, 0.5) is 0 Å². The molecule has 1 N–H and O–H groups in total. The number of hydrogen-bond donors (Lipinski definition) is 1. The zero-order chi connectivity index (χ0) is 6.41. The average molecular weight is 226 g/mol. The van der Waals surface area contributed by atoms with Gasteiger partial charge < -0.3 is 0 Å². The third kappa shape index (κ3) is 6.02. The van der Waals surface area contributed by atoms with Crippen molar-refractivity contribution in [2.75, 3.05) is 0 Å². The third-order valence-corrected chi connectivity index (χ3v) is 2.19. The average Bonchev–Trinajstić information content (AvgIpc) is 1.66. The van der Waals surface area contributed by atoms with Gasteiger partial charge in [-0.25, -0.2) is 0 Å². The molecule has 0 spiro atoms. The molecule has 0 aromatic carbocycles. The van der Waals surface area contributed by atoms with Gasteiger partial charge in [0.2, 0.25) is 0 Å². The Hall–Kier alpha value is 0.0200. The first kappa shape index (κ1) is 8.02. The van der Waals surface area contributed by atoms with Crippen molar-refractivity contribution in [2.24, 2.45) is 0 Å². The first-order chi connectivity index (χ1) is 3.77. The molecule has 0 aromatic rings. The van der Waals surface area contributed by atoms with E-state index in [4.69, 9.17) is 0 Å². The summed E-state index contributed by atoms with van der Waals surface area (Å²) in [5.41, 5.74) is 0. The zero-order valence-electron chi connectivity index (χ0n) is 5.40. The van der Waals surface area contributed by atoms with E-state index in [1.807, 2.05) is 0 Å². The minimum atomic E-state index is 0.0796. The third-order valence-electron chi connectivity index (χ3n) is 0.421. The van der Waals surface area contributed by atoms with Crippen LogP contribution in [0, 0.1) is 6.07 Å². The molecule has 0 bridgehead atoms. The second kappa shape index (κ2) is 5.16. The standard InChI is InChI=1S/C5H11IN2/c1-4-7-8-6-5(2)3/h5,8H,1-3H3. The summed E-state index contributed by atoms with van der Waals surface area (Å²) in [4.78, 5) is 3.76. The zero-order valence-corrected chi connectivity index (χ0v) is 7.56. The molecule has 0 unspecified atom stereocenters. The first-order valence-corrected chi connectivity index (χ1v) is 4.83. The van der Waals surface area contributed by atoms with Gasteiger partial charge in [0, 0.05) is 0 Å². The van der Waals surface area contributed by atoms with E-state index >= 15 is 0 Å². The molecule has 0 saturated carbocycles. The molecular weight excluding hydrogens is 215 g/mol. The Morgan fingerprint density at radius 1 is 1.62 bits per heavy atom. The molecule has 8 heavy (non-hydrogen) atoms. The van der Waals surface area contributed by atoms with E-state index < -0.39 is 0 Å². The normalized spacial score (nSPS) is 8.50. The first-order valence-electron chi connectivity index (χ1n) is 2.51. The summed E-state index contributed by atoms with van der Waals surface area (Å²) in [6.07, 6.45) is 0. The van der Waals surface area contributed by atoms with Gasteiger partial charge in [-0.05, 0) is 0 Å². The Morgan fingerprint density at radius 2 is 2.25 bits per heavy atom. The number of hydrogen-bond acceptors (Lipinski definition) is 1. The molecule has 48 valence electrons. The number of halogens is 1. The van der Waals surface area contributed by atoms with Crippen LogP contribution < -0.4 is 25.1 Å². The quantitative estimate of drug-likeness (QED) is 0.256. The van der Waals surface area contributed by atoms with Crippen molar-refractivity contribution in [3.63, 3.8) is 0 Å². The molecule has 0 aliphatic carbocycles. The van der Waals surface area contributed by atoms with Crippen LogP contribution in [0.2, 0.25) is 0 Å². The monoisotopic (exact) mass is 226 g/mol. The Kier molecular flexibility index (Phi) is 5.18. The van der Waals surface area contributed by atoms with Gasteiger partial charge in [-0.1, -0.05) is 0 Å². The molecule has 0 saturated heterocycles. The maximum absolute atomic E-state index is 3.76. The Labute approximate surface area is 61.1 Å². The van der Waals surface area contributed by atoms with Crippen molar-refractivity contribution in [1.29, 1.82) is 0 Å². The number of nitrogens with zero attached hydrogens (tertiary/aromatic N) is 1. The van der Waals surface area contributed by atoms with Crippen LogP contribution in [-0.2, 0) is 0 Å². The molecule has 0 aromatic heterocycles. The molecular formula is C5H11IN2. The van der Waals surface area contributed by atoms with E-state index in [1.54, 1.807) is 6.92 Å². The fourth-order valence-electron chi connectivity index (χ4n) is 0.164. The van der Waals surface area contributed by atoms with Gasteiger partial charge in [0.15, 0.2) is 0 Å². The molecule has 3 heteroatoms. The van der Waals surface area contributed by atoms with E-state index in [-0.39, 0.29) is 21.5 Å². The Morgan fingerprint density at radius 3 is 2.62 bits per heavy atom. The number of rotatable bonds is 2. The summed E-state index contributed by atoms with van der Waals surface area (Å²) in [5.74, 6) is 0. The SMILES string of the molecule is CC#[N+]N[I-]C(C)C. The van der Waals surface area contributed by atoms with Crippen molar-refractivity contribution < 1.29 is 21.5 Å². The van der Waals surface area contributed by atoms with Gasteiger partial charge in [0.05, 0.1) is 0 Å². The predicted octanol–water partition coefficient (Wildman–Crippen LogP) is -1.74. The van der Waals surface area contributed by atoms with E-state index in [0.717, 1.165) is 3.92 Å². The van der Waals surface area contributed by atoms with Gasteiger partial charge in [0.1, 0.15) is 0 Å². The molecule has 0 atom stereocenters. The van der Waals surface area contributed by atoms with E-state index in [1.165, 1.54) is 0 Å². The molecule has 0 aliphatic rings. The fourth-order valence-corrected chi connectivity index (χ4v) is 1.10. The van der Waals surface area contributed by atoms with Crippen molar-refractivity contribution in [1.82, 2.24) is 3.64 Å². The molecule has 0 amide bonds. The molecule has 0 fully saturated rings. The fraction of sp³-hybridized carbons (Fsp3) is 0.800. The summed E-state index contributed by atoms with van der Waals surface area (Å²) >= 11 is 0.0796. The van der Waals surface area contributed by atoms with Gasteiger partial charge >= 0.3 is 60.8 Å². The molecule has 0 aliphatic heterocycles. The maximum atomic E-state index is 3.76. The number of nitrogens with one attached hydrogen (secondary N) is 1. The van der Waals surface area contributed by atoms with Crippen LogP contribution in [0.25, 0.3) is 4.95 Å². The van der Waals surface area contributed by atoms with Crippen molar-refractivity contribution in [2.45, 2.75) is 24.7 Å². The van der Waals surface area contributed by atoms with Crippen LogP contribution in [0.5, 0.6) is 0 Å². The minimum absolute atomic E-state index is 0.0796. The second-order valence-electron chi connectivity index (χ2n) is 1.54. The molecule has 0 heterocycles. The Bertz CT molecular complexity index is 101. The Balaban J connectivity index is 3.01. The second-order valence-corrected chi connectivity index (χ2v) is 5.14. The molecule has 0 radical (unpaired) electrons. The summed E-state index contributed by atoms with van der Waals surface area (Å²) in [6, 6.07) is 2.66. The van der Waals surface area contributed by atoms with Crippen LogP contribution in [-0.4, -0.2) is 3.92 Å². The van der Waals surface area contributed by atoms with Gasteiger partial charge in [0.25, 0.3) is 0 Å². The predicted molar refractivity (Wildman–Crippen MR) is 31.2 cm³/mol. The summed E-state index contributed by atoms with van der Waals surface area (Å²) in [5, 5.41) is 0. The van der Waals surface area contributed by atoms with Gasteiger partial charge in [-0.15, -0.1) is 0 Å². The molecule has 0 rings (SSSR count). The summed E-state index contributed by atoms with van der Waals surface area (Å²) in [6.45, 7) is 6.16. The van der Waals surface area contributed by atoms with E-state index in [0.29, 0.717) is 0 Å². The van der Waals surface area contributed by atoms with Crippen molar-refractivity contribution in [3.05, 3.63) is 4.95 Å². The van der Waals surface area contributed by atoms with Gasteiger partial charge in [-0.2, -0.15) is 0 Å². The van der Waals surface area contributed by atoms with E-state index in [2.05, 4.69) is 28.5 Å². The van der Waals surface area contributed by atoms with Crippen LogP contribution in [0.15, 0.2) is 0 Å². The molecule has 2 nitrogen and oxygen atoms in total. The van der Waals surface area contributed by atoms with E-state index in [9.17, 15) is 0 Å². The van der Waals surface area contributed by atoms with Crippen molar-refractivity contribution in [3.8, 4) is 6.07 Å². The summed E-state index contributed by atoms with van der Waals surface area (Å²) < 4.78 is 3.73. The number of alkyl halides is 1. The van der Waals surface area contributed by atoms with Crippen LogP contribution >= 0.6 is 0 Å². The topological polar surface area (TPSA) is 16.4 Å².